The zero-order valence-electron chi connectivity index (χ0n) is 18.5. The van der Waals surface area contributed by atoms with Crippen LogP contribution in [0, 0.1) is 11.3 Å². The maximum Gasteiger partial charge on any atom is 0.227 e. The van der Waals surface area contributed by atoms with E-state index in [1.807, 2.05) is 48.5 Å². The summed E-state index contributed by atoms with van der Waals surface area (Å²) in [5, 5.41) is 11.9. The van der Waals surface area contributed by atoms with E-state index in [2.05, 4.69) is 42.3 Å². The van der Waals surface area contributed by atoms with Crippen LogP contribution in [0.25, 0.3) is 0 Å². The summed E-state index contributed by atoms with van der Waals surface area (Å²) < 4.78 is 0. The number of hydrogen-bond donors (Lipinski definition) is 1. The molecule has 164 valence electrons. The topological polar surface area (TPSA) is 76.4 Å². The SMILES string of the molecule is CCN(CC)C(CNC(=O)CCC(=O)N(CCC#N)c1ccccc1)c1ccccc1. The second kappa shape index (κ2) is 13.2. The van der Waals surface area contributed by atoms with Crippen molar-refractivity contribution in [2.75, 3.05) is 31.1 Å². The minimum absolute atomic E-state index is 0.0901. The molecular weight excluding hydrogens is 388 g/mol. The van der Waals surface area contributed by atoms with Gasteiger partial charge in [-0.05, 0) is 30.8 Å². The molecule has 6 heteroatoms. The summed E-state index contributed by atoms with van der Waals surface area (Å²) in [6.45, 7) is 6.80. The van der Waals surface area contributed by atoms with E-state index in [1.165, 1.54) is 0 Å². The van der Waals surface area contributed by atoms with E-state index in [1.54, 1.807) is 4.90 Å². The average molecular weight is 421 g/mol. The first kappa shape index (κ1) is 24.1. The second-order valence-electron chi connectivity index (χ2n) is 7.24. The van der Waals surface area contributed by atoms with Crippen molar-refractivity contribution in [1.82, 2.24) is 10.2 Å². The molecule has 0 aliphatic heterocycles. The van der Waals surface area contributed by atoms with Crippen molar-refractivity contribution < 1.29 is 9.59 Å². The molecule has 0 saturated heterocycles. The van der Waals surface area contributed by atoms with Crippen molar-refractivity contribution in [3.05, 3.63) is 66.2 Å². The van der Waals surface area contributed by atoms with Gasteiger partial charge in [0.25, 0.3) is 0 Å². The van der Waals surface area contributed by atoms with Gasteiger partial charge in [-0.15, -0.1) is 0 Å². The molecule has 1 N–H and O–H groups in total. The Labute approximate surface area is 185 Å². The van der Waals surface area contributed by atoms with Crippen LogP contribution in [-0.2, 0) is 9.59 Å². The molecule has 2 rings (SSSR count). The van der Waals surface area contributed by atoms with E-state index in [4.69, 9.17) is 5.26 Å². The standard InChI is InChI=1S/C25H32N4O2/c1-3-28(4-2)23(21-12-7-5-8-13-21)20-27-24(30)16-17-25(31)29(19-11-18-26)22-14-9-6-10-15-22/h5-10,12-15,23H,3-4,11,16-17,19-20H2,1-2H3,(H,27,30). The number of likely N-dealkylation sites (N-methyl/N-ethyl adjacent to an activating group) is 1. The van der Waals surface area contributed by atoms with Crippen molar-refractivity contribution in [3.8, 4) is 6.07 Å². The summed E-state index contributed by atoms with van der Waals surface area (Å²) in [4.78, 5) is 29.1. The maximum atomic E-state index is 12.7. The van der Waals surface area contributed by atoms with Gasteiger partial charge >= 0.3 is 0 Å². The van der Waals surface area contributed by atoms with Crippen molar-refractivity contribution in [2.45, 2.75) is 39.2 Å². The Morgan fingerprint density at radius 1 is 0.968 bits per heavy atom. The minimum Gasteiger partial charge on any atom is -0.354 e. The molecule has 1 unspecified atom stereocenters. The molecule has 0 saturated carbocycles. The average Bonchev–Trinajstić information content (AvgIpc) is 2.82. The molecular formula is C25H32N4O2. The van der Waals surface area contributed by atoms with Crippen LogP contribution in [0.4, 0.5) is 5.69 Å². The van der Waals surface area contributed by atoms with Gasteiger partial charge in [0.2, 0.25) is 11.8 Å². The van der Waals surface area contributed by atoms with Crippen molar-refractivity contribution in [2.24, 2.45) is 0 Å². The van der Waals surface area contributed by atoms with Gasteiger partial charge in [-0.3, -0.25) is 14.5 Å². The van der Waals surface area contributed by atoms with E-state index < -0.39 is 0 Å². The Balaban J connectivity index is 1.94. The van der Waals surface area contributed by atoms with E-state index in [0.717, 1.165) is 24.3 Å². The van der Waals surface area contributed by atoms with E-state index >= 15 is 0 Å². The lowest BCUT2D eigenvalue weighted by atomic mass is 10.0. The van der Waals surface area contributed by atoms with Crippen LogP contribution in [-0.4, -0.2) is 42.9 Å². The fourth-order valence-corrected chi connectivity index (χ4v) is 3.62. The number of anilines is 1. The number of carbonyl (C=O) groups excluding carboxylic acids is 2. The number of nitriles is 1. The number of amides is 2. The highest BCUT2D eigenvalue weighted by Gasteiger charge is 2.20. The largest absolute Gasteiger partial charge is 0.354 e. The van der Waals surface area contributed by atoms with E-state index in [9.17, 15) is 9.59 Å². The number of rotatable bonds is 12. The van der Waals surface area contributed by atoms with Gasteiger partial charge in [-0.1, -0.05) is 62.4 Å². The van der Waals surface area contributed by atoms with Crippen molar-refractivity contribution in [1.29, 1.82) is 5.26 Å². The van der Waals surface area contributed by atoms with Gasteiger partial charge in [0.1, 0.15) is 0 Å². The summed E-state index contributed by atoms with van der Waals surface area (Å²) in [5.41, 5.74) is 1.91. The molecule has 0 radical (unpaired) electrons. The Hall–Kier alpha value is -3.17. The number of nitrogens with zero attached hydrogens (tertiary/aromatic N) is 3. The van der Waals surface area contributed by atoms with Crippen LogP contribution < -0.4 is 10.2 Å². The number of nitrogens with one attached hydrogen (secondary N) is 1. The molecule has 31 heavy (non-hydrogen) atoms. The predicted molar refractivity (Wildman–Crippen MR) is 123 cm³/mol. The molecule has 2 amide bonds. The third-order valence-electron chi connectivity index (χ3n) is 5.31. The third-order valence-corrected chi connectivity index (χ3v) is 5.31. The number of hydrogen-bond acceptors (Lipinski definition) is 4. The van der Waals surface area contributed by atoms with Gasteiger partial charge in [-0.2, -0.15) is 5.26 Å². The third kappa shape index (κ3) is 7.54. The maximum absolute atomic E-state index is 12.7. The van der Waals surface area contributed by atoms with E-state index in [-0.39, 0.29) is 37.1 Å². The molecule has 2 aromatic carbocycles. The summed E-state index contributed by atoms with van der Waals surface area (Å²) in [6, 6.07) is 21.6. The van der Waals surface area contributed by atoms with Crippen molar-refractivity contribution in [3.63, 3.8) is 0 Å². The van der Waals surface area contributed by atoms with Crippen LogP contribution in [0.3, 0.4) is 0 Å². The lowest BCUT2D eigenvalue weighted by Crippen LogP contribution is -2.38. The monoisotopic (exact) mass is 420 g/mol. The first-order chi connectivity index (χ1) is 15.1. The van der Waals surface area contributed by atoms with Gasteiger partial charge < -0.3 is 10.2 Å². The molecule has 0 aliphatic rings. The second-order valence-corrected chi connectivity index (χ2v) is 7.24. The molecule has 0 aromatic heterocycles. The zero-order valence-corrected chi connectivity index (χ0v) is 18.5. The normalized spacial score (nSPS) is 11.5. The number of carbonyl (C=O) groups is 2. The van der Waals surface area contributed by atoms with E-state index in [0.29, 0.717) is 13.1 Å². The highest BCUT2D eigenvalue weighted by Crippen LogP contribution is 2.20. The number of benzene rings is 2. The summed E-state index contributed by atoms with van der Waals surface area (Å²) >= 11 is 0. The molecule has 0 aliphatic carbocycles. The first-order valence-corrected chi connectivity index (χ1v) is 10.9. The van der Waals surface area contributed by atoms with Gasteiger partial charge in [0, 0.05) is 31.6 Å². The Kier molecular flexibility index (Phi) is 10.3. The molecule has 1 atom stereocenters. The lowest BCUT2D eigenvalue weighted by molar-refractivity contribution is -0.125. The first-order valence-electron chi connectivity index (χ1n) is 10.9. The van der Waals surface area contributed by atoms with Gasteiger partial charge in [0.15, 0.2) is 0 Å². The van der Waals surface area contributed by atoms with Crippen LogP contribution in [0.5, 0.6) is 0 Å². The molecule has 2 aromatic rings. The van der Waals surface area contributed by atoms with Gasteiger partial charge in [-0.25, -0.2) is 0 Å². The lowest BCUT2D eigenvalue weighted by Gasteiger charge is -2.30. The van der Waals surface area contributed by atoms with Crippen molar-refractivity contribution >= 4 is 17.5 Å². The Bertz CT molecular complexity index is 845. The molecule has 0 spiro atoms. The molecule has 6 nitrogen and oxygen atoms in total. The van der Waals surface area contributed by atoms with Crippen LogP contribution in [0.1, 0.15) is 44.7 Å². The smallest absolute Gasteiger partial charge is 0.227 e. The van der Waals surface area contributed by atoms with Crippen LogP contribution in [0.15, 0.2) is 60.7 Å². The predicted octanol–water partition coefficient (Wildman–Crippen LogP) is 3.91. The molecule has 0 fully saturated rings. The zero-order chi connectivity index (χ0) is 22.5. The molecule has 0 heterocycles. The van der Waals surface area contributed by atoms with Gasteiger partial charge in [0.05, 0.1) is 18.5 Å². The quantitative estimate of drug-likeness (QED) is 0.565. The highest BCUT2D eigenvalue weighted by molar-refractivity contribution is 5.95. The summed E-state index contributed by atoms with van der Waals surface area (Å²) in [5.74, 6) is -0.297. The number of para-hydroxylation sites is 1. The fourth-order valence-electron chi connectivity index (χ4n) is 3.62. The van der Waals surface area contributed by atoms with Crippen LogP contribution >= 0.6 is 0 Å². The Morgan fingerprint density at radius 2 is 1.58 bits per heavy atom. The minimum atomic E-state index is -0.153. The molecule has 0 bridgehead atoms. The Morgan fingerprint density at radius 3 is 2.16 bits per heavy atom. The highest BCUT2D eigenvalue weighted by atomic mass is 16.2. The summed E-state index contributed by atoms with van der Waals surface area (Å²) in [6.07, 6.45) is 0.470. The fraction of sp³-hybridized carbons (Fsp3) is 0.400. The van der Waals surface area contributed by atoms with Crippen LogP contribution in [0.2, 0.25) is 0 Å². The summed E-state index contributed by atoms with van der Waals surface area (Å²) in [7, 11) is 0.